The summed E-state index contributed by atoms with van der Waals surface area (Å²) >= 11 is 0. The van der Waals surface area contributed by atoms with Crippen LogP contribution < -0.4 is 10.2 Å². The van der Waals surface area contributed by atoms with E-state index in [1.807, 2.05) is 18.7 Å². The van der Waals surface area contributed by atoms with Crippen LogP contribution in [0.5, 0.6) is 0 Å². The van der Waals surface area contributed by atoms with Gasteiger partial charge in [-0.15, -0.1) is 10.2 Å². The van der Waals surface area contributed by atoms with Gasteiger partial charge in [-0.2, -0.15) is 0 Å². The molecule has 4 heterocycles. The zero-order valence-corrected chi connectivity index (χ0v) is 18.8. The first-order valence-electron chi connectivity index (χ1n) is 12.3. The lowest BCUT2D eigenvalue weighted by molar-refractivity contribution is -0.122. The van der Waals surface area contributed by atoms with Crippen molar-refractivity contribution in [2.45, 2.75) is 69.9 Å². The first-order chi connectivity index (χ1) is 15.0. The number of nitrogens with zero attached hydrogens (tertiary/aromatic N) is 4. The molecule has 4 fully saturated rings. The van der Waals surface area contributed by atoms with Crippen molar-refractivity contribution in [3.63, 3.8) is 0 Å². The Kier molecular flexibility index (Phi) is 4.76. The van der Waals surface area contributed by atoms with Crippen molar-refractivity contribution < 1.29 is 9.53 Å². The fourth-order valence-electron chi connectivity index (χ4n) is 6.44. The summed E-state index contributed by atoms with van der Waals surface area (Å²) in [6.45, 7) is 9.68. The highest BCUT2D eigenvalue weighted by Crippen LogP contribution is 2.46. The number of amides is 1. The highest BCUT2D eigenvalue weighted by molar-refractivity contribution is 6.07. The molecule has 2 saturated carbocycles. The first kappa shape index (κ1) is 19.9. The molecule has 0 radical (unpaired) electrons. The molecule has 0 bridgehead atoms. The number of nitrogens with one attached hydrogen (secondary N) is 1. The second-order valence-electron chi connectivity index (χ2n) is 11.1. The van der Waals surface area contributed by atoms with Crippen LogP contribution in [0.15, 0.2) is 6.07 Å². The van der Waals surface area contributed by atoms with Gasteiger partial charge in [-0.05, 0) is 76.2 Å². The molecule has 0 aromatic carbocycles. The average Bonchev–Trinajstić information content (AvgIpc) is 3.37. The van der Waals surface area contributed by atoms with Crippen molar-refractivity contribution in [2.75, 3.05) is 43.1 Å². The average molecular weight is 426 g/mol. The minimum atomic E-state index is -0.513. The molecule has 3 atom stereocenters. The second-order valence-corrected chi connectivity index (χ2v) is 11.1. The van der Waals surface area contributed by atoms with Crippen molar-refractivity contribution in [3.05, 3.63) is 11.6 Å². The molecule has 2 saturated heterocycles. The molecule has 31 heavy (non-hydrogen) atoms. The van der Waals surface area contributed by atoms with E-state index in [0.29, 0.717) is 12.1 Å². The normalized spacial score (nSPS) is 33.0. The predicted octanol–water partition coefficient (Wildman–Crippen LogP) is 2.81. The van der Waals surface area contributed by atoms with E-state index in [4.69, 9.17) is 4.74 Å². The molecule has 0 spiro atoms. The summed E-state index contributed by atoms with van der Waals surface area (Å²) in [6, 6.07) is 2.89. The Bertz CT molecular complexity index is 850. The van der Waals surface area contributed by atoms with Gasteiger partial charge in [0.1, 0.15) is 5.82 Å². The van der Waals surface area contributed by atoms with Crippen LogP contribution in [0.4, 0.5) is 11.6 Å². The monoisotopic (exact) mass is 425 g/mol. The highest BCUT2D eigenvalue weighted by Gasteiger charge is 2.50. The number of rotatable bonds is 5. The Labute approximate surface area is 184 Å². The van der Waals surface area contributed by atoms with Crippen molar-refractivity contribution >= 4 is 17.5 Å². The molecule has 168 valence electrons. The van der Waals surface area contributed by atoms with Crippen LogP contribution in [-0.2, 0) is 14.9 Å². The minimum Gasteiger partial charge on any atom is -0.381 e. The maximum atomic E-state index is 13.0. The zero-order chi connectivity index (χ0) is 21.2. The fraction of sp³-hybridized carbons (Fsp3) is 0.792. The third-order valence-electron chi connectivity index (χ3n) is 8.38. The third-order valence-corrected chi connectivity index (χ3v) is 8.38. The van der Waals surface area contributed by atoms with E-state index in [2.05, 4.69) is 26.5 Å². The SMILES string of the molecule is CC1(C)C(=O)N(C2CC2)c2nnc(N[C@@H]3CC4CN(CC5CCOCC5)C[C@H]4C3)cc21. The lowest BCUT2D eigenvalue weighted by Gasteiger charge is -2.27. The van der Waals surface area contributed by atoms with Gasteiger partial charge in [-0.1, -0.05) is 0 Å². The third kappa shape index (κ3) is 3.54. The van der Waals surface area contributed by atoms with Crippen molar-refractivity contribution in [1.82, 2.24) is 15.1 Å². The van der Waals surface area contributed by atoms with Gasteiger partial charge in [0.2, 0.25) is 5.91 Å². The summed E-state index contributed by atoms with van der Waals surface area (Å²) in [5.41, 5.74) is 0.518. The molecule has 2 aliphatic carbocycles. The molecule has 6 rings (SSSR count). The molecule has 3 aliphatic heterocycles. The Morgan fingerprint density at radius 2 is 1.81 bits per heavy atom. The Balaban J connectivity index is 1.08. The largest absolute Gasteiger partial charge is 0.381 e. The first-order valence-corrected chi connectivity index (χ1v) is 12.3. The van der Waals surface area contributed by atoms with Crippen molar-refractivity contribution in [1.29, 1.82) is 0 Å². The Hall–Kier alpha value is -1.73. The molecule has 1 aromatic rings. The standard InChI is InChI=1S/C24H35N5O2/c1-24(2)20-11-21(26-27-22(20)29(23(24)30)19-3-4-19)25-18-9-16-13-28(14-17(16)10-18)12-15-5-7-31-8-6-15/h11,15-19H,3-10,12-14H2,1-2H3,(H,25,26)/t16-,17?,18+/m1/s1. The number of carbonyl (C=O) groups excluding carboxylic acids is 1. The lowest BCUT2D eigenvalue weighted by Crippen LogP contribution is -2.37. The van der Waals surface area contributed by atoms with E-state index < -0.39 is 5.41 Å². The van der Waals surface area contributed by atoms with Crippen LogP contribution in [0, 0.1) is 17.8 Å². The van der Waals surface area contributed by atoms with Crippen LogP contribution in [0.3, 0.4) is 0 Å². The van der Waals surface area contributed by atoms with Crippen LogP contribution >= 0.6 is 0 Å². The maximum absolute atomic E-state index is 13.0. The molecule has 1 aromatic heterocycles. The summed E-state index contributed by atoms with van der Waals surface area (Å²) in [5, 5.41) is 12.7. The molecule has 5 aliphatic rings. The van der Waals surface area contributed by atoms with Crippen LogP contribution in [0.1, 0.15) is 57.9 Å². The van der Waals surface area contributed by atoms with Gasteiger partial charge >= 0.3 is 0 Å². The summed E-state index contributed by atoms with van der Waals surface area (Å²) in [6.07, 6.45) is 7.04. The summed E-state index contributed by atoms with van der Waals surface area (Å²) in [5.74, 6) is 4.21. The van der Waals surface area contributed by atoms with E-state index in [1.165, 1.54) is 45.3 Å². The van der Waals surface area contributed by atoms with Crippen LogP contribution in [0.25, 0.3) is 0 Å². The molecule has 1 amide bonds. The van der Waals surface area contributed by atoms with Gasteiger partial charge in [0.05, 0.1) is 5.41 Å². The van der Waals surface area contributed by atoms with Gasteiger partial charge < -0.3 is 15.0 Å². The number of likely N-dealkylation sites (tertiary alicyclic amines) is 1. The lowest BCUT2D eigenvalue weighted by atomic mass is 9.87. The molecule has 7 heteroatoms. The molecular formula is C24H35N5O2. The zero-order valence-electron chi connectivity index (χ0n) is 18.8. The number of hydrogen-bond acceptors (Lipinski definition) is 6. The number of ether oxygens (including phenoxy) is 1. The van der Waals surface area contributed by atoms with E-state index in [0.717, 1.165) is 61.0 Å². The van der Waals surface area contributed by atoms with E-state index in [1.54, 1.807) is 0 Å². The molecular weight excluding hydrogens is 390 g/mol. The second kappa shape index (κ2) is 7.41. The van der Waals surface area contributed by atoms with Gasteiger partial charge in [-0.3, -0.25) is 9.69 Å². The number of anilines is 2. The maximum Gasteiger partial charge on any atom is 0.238 e. The van der Waals surface area contributed by atoms with E-state index in [-0.39, 0.29) is 5.91 Å². The van der Waals surface area contributed by atoms with E-state index in [9.17, 15) is 4.79 Å². The smallest absolute Gasteiger partial charge is 0.238 e. The van der Waals surface area contributed by atoms with Crippen LogP contribution in [-0.4, -0.2) is 65.9 Å². The van der Waals surface area contributed by atoms with Gasteiger partial charge in [0.25, 0.3) is 0 Å². The summed E-state index contributed by atoms with van der Waals surface area (Å²) in [7, 11) is 0. The van der Waals surface area contributed by atoms with Crippen LogP contribution in [0.2, 0.25) is 0 Å². The fourth-order valence-corrected chi connectivity index (χ4v) is 6.44. The Morgan fingerprint density at radius 3 is 2.48 bits per heavy atom. The number of aromatic nitrogens is 2. The quantitative estimate of drug-likeness (QED) is 0.782. The van der Waals surface area contributed by atoms with Crippen molar-refractivity contribution in [3.8, 4) is 0 Å². The number of carbonyl (C=O) groups is 1. The number of hydrogen-bond donors (Lipinski definition) is 1. The van der Waals surface area contributed by atoms with Gasteiger partial charge in [0.15, 0.2) is 5.82 Å². The predicted molar refractivity (Wildman–Crippen MR) is 119 cm³/mol. The topological polar surface area (TPSA) is 70.6 Å². The number of fused-ring (bicyclic) bond motifs is 2. The molecule has 1 N–H and O–H groups in total. The molecule has 7 nitrogen and oxygen atoms in total. The van der Waals surface area contributed by atoms with E-state index >= 15 is 0 Å². The molecule has 1 unspecified atom stereocenters. The van der Waals surface area contributed by atoms with Gasteiger partial charge in [-0.25, -0.2) is 0 Å². The highest BCUT2D eigenvalue weighted by atomic mass is 16.5. The summed E-state index contributed by atoms with van der Waals surface area (Å²) in [4.78, 5) is 17.6. The minimum absolute atomic E-state index is 0.177. The van der Waals surface area contributed by atoms with Crippen molar-refractivity contribution in [2.24, 2.45) is 17.8 Å². The summed E-state index contributed by atoms with van der Waals surface area (Å²) < 4.78 is 5.52. The Morgan fingerprint density at radius 1 is 1.10 bits per heavy atom. The van der Waals surface area contributed by atoms with Gasteiger partial charge in [0, 0.05) is 50.5 Å².